The largest absolute Gasteiger partial charge is 0.472 e. The minimum absolute atomic E-state index is 0.206. The Balaban J connectivity index is 1.82. The van der Waals surface area contributed by atoms with E-state index in [0.717, 1.165) is 51.4 Å². The van der Waals surface area contributed by atoms with E-state index in [-0.39, 0.29) is 24.4 Å². The summed E-state index contributed by atoms with van der Waals surface area (Å²) in [6.45, 7) is 8.16. The molecule has 4 unspecified atom stereocenters. The maximum atomic E-state index is 12.6. The van der Waals surface area contributed by atoms with Gasteiger partial charge in [-0.2, -0.15) is 0 Å². The highest BCUT2D eigenvalue weighted by molar-refractivity contribution is 7.47. The van der Waals surface area contributed by atoms with Crippen LogP contribution < -0.4 is 0 Å². The molecule has 7 heteroatoms. The number of phosphoric acid groups is 1. The average Bonchev–Trinajstić information content (AvgIpc) is 2.80. The van der Waals surface area contributed by atoms with E-state index < -0.39 is 20.0 Å². The van der Waals surface area contributed by atoms with Crippen LogP contribution in [-0.2, 0) is 23.1 Å². The highest BCUT2D eigenvalue weighted by atomic mass is 31.2. The van der Waals surface area contributed by atoms with E-state index >= 15 is 0 Å². The van der Waals surface area contributed by atoms with Crippen molar-refractivity contribution in [3.05, 3.63) is 48.6 Å². The molecule has 6 nitrogen and oxygen atoms in total. The molecule has 0 aliphatic heterocycles. The van der Waals surface area contributed by atoms with Crippen molar-refractivity contribution in [2.24, 2.45) is 0 Å². The van der Waals surface area contributed by atoms with Crippen molar-refractivity contribution in [1.29, 1.82) is 0 Å². The zero-order chi connectivity index (χ0) is 24.2. The fourth-order valence-corrected chi connectivity index (χ4v) is 5.16. The first kappa shape index (κ1) is 28.2. The van der Waals surface area contributed by atoms with Crippen LogP contribution in [0.15, 0.2) is 48.6 Å². The SMILES string of the molecule is CCCCC1(OCC(C)OP(=O)(O)OC(C)COC2(CCCC)C=CC=CC2)C=CC=CC1. The van der Waals surface area contributed by atoms with Gasteiger partial charge in [-0.25, -0.2) is 4.57 Å². The Morgan fingerprint density at radius 3 is 1.58 bits per heavy atom. The van der Waals surface area contributed by atoms with E-state index in [1.54, 1.807) is 13.8 Å². The molecule has 0 fully saturated rings. The molecule has 0 aromatic carbocycles. The third-order valence-corrected chi connectivity index (χ3v) is 7.22. The molecule has 0 amide bonds. The van der Waals surface area contributed by atoms with Gasteiger partial charge in [-0.3, -0.25) is 9.05 Å². The lowest BCUT2D eigenvalue weighted by Crippen LogP contribution is -2.35. The second-order valence-corrected chi connectivity index (χ2v) is 10.6. The Morgan fingerprint density at radius 2 is 1.24 bits per heavy atom. The van der Waals surface area contributed by atoms with E-state index in [4.69, 9.17) is 18.5 Å². The van der Waals surface area contributed by atoms with Crippen LogP contribution in [0, 0.1) is 0 Å². The standard InChI is InChI=1S/C26H43O6P/c1-5-7-15-25(17-11-9-12-18-25)29-21-23(3)31-33(27,28)32-24(4)22-30-26(16-8-6-2)19-13-10-14-20-26/h9-14,17,19,23-24H,5-8,15-16,18,20-22H2,1-4H3,(H,27,28). The van der Waals surface area contributed by atoms with E-state index in [9.17, 15) is 9.46 Å². The molecule has 188 valence electrons. The molecule has 33 heavy (non-hydrogen) atoms. The van der Waals surface area contributed by atoms with Gasteiger partial charge in [0.15, 0.2) is 0 Å². The third kappa shape index (κ3) is 10.0. The lowest BCUT2D eigenvalue weighted by Gasteiger charge is -2.34. The van der Waals surface area contributed by atoms with E-state index in [1.165, 1.54) is 0 Å². The molecule has 0 aromatic rings. The number of hydrogen-bond donors (Lipinski definition) is 1. The van der Waals surface area contributed by atoms with Gasteiger partial charge in [0.1, 0.15) is 0 Å². The van der Waals surface area contributed by atoms with Crippen LogP contribution in [-0.4, -0.2) is 41.5 Å². The molecule has 0 spiro atoms. The van der Waals surface area contributed by atoms with Crippen molar-refractivity contribution in [3.8, 4) is 0 Å². The maximum absolute atomic E-state index is 12.6. The molecule has 2 aliphatic carbocycles. The van der Waals surface area contributed by atoms with E-state index in [2.05, 4.69) is 38.2 Å². The summed E-state index contributed by atoms with van der Waals surface area (Å²) in [5.74, 6) is 0. The van der Waals surface area contributed by atoms with Crippen LogP contribution in [0.5, 0.6) is 0 Å². The Morgan fingerprint density at radius 1 is 0.818 bits per heavy atom. The Hall–Kier alpha value is -1.01. The van der Waals surface area contributed by atoms with Gasteiger partial charge in [0.2, 0.25) is 0 Å². The molecule has 2 aliphatic rings. The molecular weight excluding hydrogens is 439 g/mol. The van der Waals surface area contributed by atoms with Gasteiger partial charge < -0.3 is 14.4 Å². The van der Waals surface area contributed by atoms with Crippen molar-refractivity contribution in [3.63, 3.8) is 0 Å². The van der Waals surface area contributed by atoms with Crippen molar-refractivity contribution in [2.45, 2.75) is 102 Å². The lowest BCUT2D eigenvalue weighted by atomic mass is 9.89. The fraction of sp³-hybridized carbons (Fsp3) is 0.692. The van der Waals surface area contributed by atoms with Crippen molar-refractivity contribution >= 4 is 7.82 Å². The van der Waals surface area contributed by atoms with Gasteiger partial charge in [-0.1, -0.05) is 88.1 Å². The molecule has 0 bridgehead atoms. The maximum Gasteiger partial charge on any atom is 0.472 e. The van der Waals surface area contributed by atoms with Crippen molar-refractivity contribution in [2.75, 3.05) is 13.2 Å². The summed E-state index contributed by atoms with van der Waals surface area (Å²) in [5, 5.41) is 0. The van der Waals surface area contributed by atoms with Crippen LogP contribution in [0.1, 0.15) is 79.1 Å². The fourth-order valence-electron chi connectivity index (χ4n) is 4.08. The molecule has 0 aromatic heterocycles. The Labute approximate surface area is 200 Å². The van der Waals surface area contributed by atoms with E-state index in [1.807, 2.05) is 24.3 Å². The van der Waals surface area contributed by atoms with Gasteiger partial charge >= 0.3 is 7.82 Å². The quantitative estimate of drug-likeness (QED) is 0.243. The minimum atomic E-state index is -4.25. The number of ether oxygens (including phenoxy) is 2. The minimum Gasteiger partial charge on any atom is -0.368 e. The van der Waals surface area contributed by atoms with Crippen LogP contribution >= 0.6 is 7.82 Å². The predicted octanol–water partition coefficient (Wildman–Crippen LogP) is 6.82. The summed E-state index contributed by atoms with van der Waals surface area (Å²) in [6, 6.07) is 0. The van der Waals surface area contributed by atoms with Crippen LogP contribution in [0.4, 0.5) is 0 Å². The summed E-state index contributed by atoms with van der Waals surface area (Å²) < 4.78 is 35.7. The highest BCUT2D eigenvalue weighted by Crippen LogP contribution is 2.46. The molecule has 1 N–H and O–H groups in total. The molecule has 0 saturated heterocycles. The summed E-state index contributed by atoms with van der Waals surface area (Å²) in [6.07, 6.45) is 22.8. The van der Waals surface area contributed by atoms with Crippen molar-refractivity contribution in [1.82, 2.24) is 0 Å². The number of unbranched alkanes of at least 4 members (excludes halogenated alkanes) is 2. The first-order chi connectivity index (χ1) is 15.7. The lowest BCUT2D eigenvalue weighted by molar-refractivity contribution is -0.0661. The van der Waals surface area contributed by atoms with Crippen LogP contribution in [0.25, 0.3) is 0 Å². The highest BCUT2D eigenvalue weighted by Gasteiger charge is 2.33. The number of hydrogen-bond acceptors (Lipinski definition) is 5. The number of phosphoric ester groups is 1. The monoisotopic (exact) mass is 482 g/mol. The summed E-state index contributed by atoms with van der Waals surface area (Å²) in [5.41, 5.74) is -0.753. The smallest absolute Gasteiger partial charge is 0.368 e. The second-order valence-electron chi connectivity index (χ2n) is 9.24. The summed E-state index contributed by atoms with van der Waals surface area (Å²) >= 11 is 0. The first-order valence-electron chi connectivity index (χ1n) is 12.4. The normalized spacial score (nSPS) is 28.0. The van der Waals surface area contributed by atoms with Gasteiger partial charge in [-0.05, 0) is 39.5 Å². The van der Waals surface area contributed by atoms with E-state index in [0.29, 0.717) is 0 Å². The van der Waals surface area contributed by atoms with Gasteiger partial charge in [0.05, 0.1) is 36.6 Å². The first-order valence-corrected chi connectivity index (χ1v) is 13.9. The summed E-state index contributed by atoms with van der Waals surface area (Å²) in [7, 11) is -4.25. The zero-order valence-corrected chi connectivity index (χ0v) is 21.7. The van der Waals surface area contributed by atoms with Crippen LogP contribution in [0.3, 0.4) is 0 Å². The third-order valence-electron chi connectivity index (χ3n) is 5.97. The second kappa shape index (κ2) is 13.8. The van der Waals surface area contributed by atoms with Gasteiger partial charge in [0.25, 0.3) is 0 Å². The molecule has 0 saturated carbocycles. The predicted molar refractivity (Wildman–Crippen MR) is 133 cm³/mol. The molecule has 0 radical (unpaired) electrons. The Kier molecular flexibility index (Phi) is 11.8. The number of rotatable bonds is 16. The van der Waals surface area contributed by atoms with Gasteiger partial charge in [0, 0.05) is 0 Å². The number of allylic oxidation sites excluding steroid dienone is 4. The molecule has 0 heterocycles. The van der Waals surface area contributed by atoms with Crippen LogP contribution in [0.2, 0.25) is 0 Å². The summed E-state index contributed by atoms with van der Waals surface area (Å²) in [4.78, 5) is 10.3. The zero-order valence-electron chi connectivity index (χ0n) is 20.8. The molecule has 4 atom stereocenters. The Bertz CT molecular complexity index is 687. The topological polar surface area (TPSA) is 74.2 Å². The van der Waals surface area contributed by atoms with Crippen molar-refractivity contribution < 1.29 is 28.0 Å². The average molecular weight is 483 g/mol. The molecular formula is C26H43O6P. The molecule has 2 rings (SSSR count). The van der Waals surface area contributed by atoms with Gasteiger partial charge in [-0.15, -0.1) is 0 Å².